The molecule has 170 valence electrons. The fraction of sp³-hybridized carbons (Fsp3) is 0.409. The van der Waals surface area contributed by atoms with Gasteiger partial charge in [-0.2, -0.15) is 11.8 Å². The summed E-state index contributed by atoms with van der Waals surface area (Å²) in [5.41, 5.74) is 0.705. The van der Waals surface area contributed by atoms with Crippen molar-refractivity contribution in [3.8, 4) is 0 Å². The van der Waals surface area contributed by atoms with Gasteiger partial charge in [0.2, 0.25) is 5.91 Å². The van der Waals surface area contributed by atoms with Crippen LogP contribution in [0.25, 0.3) is 0 Å². The Morgan fingerprint density at radius 2 is 2.06 bits per heavy atom. The van der Waals surface area contributed by atoms with Gasteiger partial charge in [0.1, 0.15) is 11.6 Å². The lowest BCUT2D eigenvalue weighted by atomic mass is 10.0. The zero-order valence-electron chi connectivity index (χ0n) is 17.6. The van der Waals surface area contributed by atoms with Gasteiger partial charge in [-0.25, -0.2) is 9.18 Å². The van der Waals surface area contributed by atoms with Gasteiger partial charge >= 0.3 is 6.03 Å². The second-order valence-electron chi connectivity index (χ2n) is 7.96. The molecule has 2 saturated heterocycles. The molecule has 0 bridgehead atoms. The van der Waals surface area contributed by atoms with E-state index in [2.05, 4.69) is 21.3 Å². The number of furan rings is 1. The molecule has 2 aliphatic rings. The van der Waals surface area contributed by atoms with Gasteiger partial charge < -0.3 is 25.7 Å². The van der Waals surface area contributed by atoms with E-state index in [1.165, 1.54) is 30.5 Å². The zero-order valence-corrected chi connectivity index (χ0v) is 18.4. The molecule has 0 saturated carbocycles. The average Bonchev–Trinajstić information content (AvgIpc) is 3.44. The number of carbonyl (C=O) groups is 3. The number of urea groups is 1. The fourth-order valence-corrected chi connectivity index (χ4v) is 5.55. The maximum atomic E-state index is 14.1. The third-order valence-corrected chi connectivity index (χ3v) is 7.19. The van der Waals surface area contributed by atoms with Gasteiger partial charge in [0.05, 0.1) is 29.6 Å². The lowest BCUT2D eigenvalue weighted by Crippen LogP contribution is -2.36. The predicted molar refractivity (Wildman–Crippen MR) is 120 cm³/mol. The fourth-order valence-electron chi connectivity index (χ4n) is 4.01. The van der Waals surface area contributed by atoms with Crippen molar-refractivity contribution in [1.29, 1.82) is 0 Å². The number of hydrogen-bond donors (Lipinski definition) is 4. The maximum absolute atomic E-state index is 14.1. The lowest BCUT2D eigenvalue weighted by molar-refractivity contribution is -0.116. The minimum atomic E-state index is -0.599. The zero-order chi connectivity index (χ0) is 22.7. The first-order valence-electron chi connectivity index (χ1n) is 10.5. The van der Waals surface area contributed by atoms with E-state index >= 15 is 0 Å². The molecule has 8 nitrogen and oxygen atoms in total. The van der Waals surface area contributed by atoms with Crippen molar-refractivity contribution in [2.45, 2.75) is 49.9 Å². The summed E-state index contributed by atoms with van der Waals surface area (Å²) >= 11 is 1.85. The Morgan fingerprint density at radius 1 is 1.22 bits per heavy atom. The average molecular weight is 461 g/mol. The first kappa shape index (κ1) is 22.2. The van der Waals surface area contributed by atoms with Gasteiger partial charge in [0.15, 0.2) is 0 Å². The third-order valence-electron chi connectivity index (χ3n) is 5.68. The molecule has 32 heavy (non-hydrogen) atoms. The second-order valence-corrected chi connectivity index (χ2v) is 9.23. The molecule has 1 aromatic heterocycles. The normalized spacial score (nSPS) is 21.6. The topological polar surface area (TPSA) is 112 Å². The number of hydrogen-bond acceptors (Lipinski definition) is 5. The van der Waals surface area contributed by atoms with Crippen molar-refractivity contribution < 1.29 is 23.2 Å². The highest BCUT2D eigenvalue weighted by Crippen LogP contribution is 2.33. The molecule has 1 aromatic carbocycles. The van der Waals surface area contributed by atoms with Crippen molar-refractivity contribution >= 4 is 41.0 Å². The van der Waals surface area contributed by atoms with Crippen molar-refractivity contribution in [2.75, 3.05) is 16.4 Å². The smallest absolute Gasteiger partial charge is 0.315 e. The van der Waals surface area contributed by atoms with E-state index in [9.17, 15) is 18.8 Å². The molecule has 4 rings (SSSR count). The Hall–Kier alpha value is -3.01. The van der Waals surface area contributed by atoms with Crippen LogP contribution in [0.4, 0.5) is 20.6 Å². The SMILES string of the molecule is Cc1occc1C(=O)Nc1cc(NC(=O)CCCC[C@@H]2SC[C@H]3NC(=O)N[C@H]23)ccc1F. The van der Waals surface area contributed by atoms with Crippen LogP contribution in [0.3, 0.4) is 0 Å². The van der Waals surface area contributed by atoms with Crippen LogP contribution in [0.2, 0.25) is 0 Å². The molecule has 0 aliphatic carbocycles. The van der Waals surface area contributed by atoms with Crippen LogP contribution in [0, 0.1) is 12.7 Å². The van der Waals surface area contributed by atoms with E-state index in [-0.39, 0.29) is 29.7 Å². The van der Waals surface area contributed by atoms with Gasteiger partial charge in [-0.3, -0.25) is 9.59 Å². The van der Waals surface area contributed by atoms with Gasteiger partial charge in [-0.1, -0.05) is 6.42 Å². The first-order chi connectivity index (χ1) is 15.4. The van der Waals surface area contributed by atoms with Gasteiger partial charge in [-0.05, 0) is 44.0 Å². The summed E-state index contributed by atoms with van der Waals surface area (Å²) in [6.45, 7) is 1.65. The number of fused-ring (bicyclic) bond motifs is 1. The van der Waals surface area contributed by atoms with Crippen LogP contribution in [-0.2, 0) is 4.79 Å². The van der Waals surface area contributed by atoms with Gasteiger partial charge in [-0.15, -0.1) is 0 Å². The summed E-state index contributed by atoms with van der Waals surface area (Å²) < 4.78 is 19.2. The summed E-state index contributed by atoms with van der Waals surface area (Å²) in [7, 11) is 0. The minimum Gasteiger partial charge on any atom is -0.469 e. The van der Waals surface area contributed by atoms with E-state index < -0.39 is 11.7 Å². The van der Waals surface area contributed by atoms with E-state index in [0.717, 1.165) is 18.6 Å². The number of halogens is 1. The highest BCUT2D eigenvalue weighted by atomic mass is 32.2. The predicted octanol–water partition coefficient (Wildman–Crippen LogP) is 3.64. The summed E-state index contributed by atoms with van der Waals surface area (Å²) in [6.07, 6.45) is 4.25. The standard InChI is InChI=1S/C22H25FN4O4S/c1-12-14(8-9-31-12)21(29)25-16-10-13(6-7-15(16)23)24-19(28)5-3-2-4-18-20-17(11-32-18)26-22(30)27-20/h6-10,17-18,20H,2-5,11H2,1H3,(H,24,28)(H,25,29)(H2,26,27,30)/t17-,18+,20+/m1/s1. The molecule has 2 aliphatic heterocycles. The Bertz CT molecular complexity index is 1030. The minimum absolute atomic E-state index is 0.0200. The number of aryl methyl sites for hydroxylation is 1. The molecular formula is C22H25FN4O4S. The molecule has 2 fully saturated rings. The number of rotatable bonds is 8. The second kappa shape index (κ2) is 9.64. The number of nitrogens with one attached hydrogen (secondary N) is 4. The van der Waals surface area contributed by atoms with Crippen molar-refractivity contribution in [1.82, 2.24) is 10.6 Å². The Labute approximate surface area is 189 Å². The summed E-state index contributed by atoms with van der Waals surface area (Å²) in [6, 6.07) is 5.83. The van der Waals surface area contributed by atoms with E-state index in [0.29, 0.717) is 35.1 Å². The molecule has 2 aromatic rings. The van der Waals surface area contributed by atoms with E-state index in [1.807, 2.05) is 11.8 Å². The number of unbranched alkanes of at least 4 members (excludes halogenated alkanes) is 1. The third kappa shape index (κ3) is 5.07. The van der Waals surface area contributed by atoms with Crippen LogP contribution in [-0.4, -0.2) is 40.9 Å². The Morgan fingerprint density at radius 3 is 2.84 bits per heavy atom. The summed E-state index contributed by atoms with van der Waals surface area (Å²) in [5, 5.41) is 11.5. The quantitative estimate of drug-likeness (QED) is 0.355. The van der Waals surface area contributed by atoms with Crippen molar-refractivity contribution in [3.63, 3.8) is 0 Å². The lowest BCUT2D eigenvalue weighted by Gasteiger charge is -2.16. The number of carbonyl (C=O) groups excluding carboxylic acids is 3. The summed E-state index contributed by atoms with van der Waals surface area (Å²) in [5.74, 6) is 0.0912. The van der Waals surface area contributed by atoms with E-state index in [1.54, 1.807) is 6.92 Å². The molecule has 0 radical (unpaired) electrons. The molecule has 3 atom stereocenters. The molecule has 10 heteroatoms. The van der Waals surface area contributed by atoms with Crippen LogP contribution < -0.4 is 21.3 Å². The number of thioether (sulfide) groups is 1. The molecule has 0 spiro atoms. The Kier molecular flexibility index (Phi) is 6.69. The number of amides is 4. The van der Waals surface area contributed by atoms with Gasteiger partial charge in [0.25, 0.3) is 5.91 Å². The highest BCUT2D eigenvalue weighted by Gasteiger charge is 2.42. The first-order valence-corrected chi connectivity index (χ1v) is 11.6. The molecular weight excluding hydrogens is 435 g/mol. The van der Waals surface area contributed by atoms with Crippen LogP contribution in [0.5, 0.6) is 0 Å². The van der Waals surface area contributed by atoms with Crippen LogP contribution in [0.15, 0.2) is 34.9 Å². The Balaban J connectivity index is 1.23. The number of benzene rings is 1. The maximum Gasteiger partial charge on any atom is 0.315 e. The summed E-state index contributed by atoms with van der Waals surface area (Å²) in [4.78, 5) is 36.0. The van der Waals surface area contributed by atoms with Crippen LogP contribution >= 0.6 is 11.8 Å². The molecule has 0 unspecified atom stereocenters. The van der Waals surface area contributed by atoms with Gasteiger partial charge in [0, 0.05) is 23.1 Å². The largest absolute Gasteiger partial charge is 0.469 e. The van der Waals surface area contributed by atoms with Crippen molar-refractivity contribution in [3.05, 3.63) is 47.7 Å². The number of anilines is 2. The molecule has 4 amide bonds. The highest BCUT2D eigenvalue weighted by molar-refractivity contribution is 8.00. The monoisotopic (exact) mass is 460 g/mol. The van der Waals surface area contributed by atoms with Crippen molar-refractivity contribution in [2.24, 2.45) is 0 Å². The molecule has 3 heterocycles. The van der Waals surface area contributed by atoms with E-state index in [4.69, 9.17) is 4.42 Å². The van der Waals surface area contributed by atoms with Crippen LogP contribution in [0.1, 0.15) is 41.8 Å². The molecule has 4 N–H and O–H groups in total.